The zero-order valence-electron chi connectivity index (χ0n) is 26.9. The summed E-state index contributed by atoms with van der Waals surface area (Å²) >= 11 is 0. The van der Waals surface area contributed by atoms with Crippen molar-refractivity contribution in [3.05, 3.63) is 137 Å². The molecule has 218 valence electrons. The summed E-state index contributed by atoms with van der Waals surface area (Å²) in [5.41, 5.74) is 20.5. The highest BCUT2D eigenvalue weighted by Gasteiger charge is 2.44. The van der Waals surface area contributed by atoms with E-state index in [1.54, 1.807) is 0 Å². The van der Waals surface area contributed by atoms with Crippen molar-refractivity contribution in [1.29, 1.82) is 5.26 Å². The van der Waals surface area contributed by atoms with E-state index in [0.29, 0.717) is 0 Å². The second-order valence-corrected chi connectivity index (χ2v) is 15.1. The lowest BCUT2D eigenvalue weighted by Crippen LogP contribution is -2.57. The van der Waals surface area contributed by atoms with Gasteiger partial charge in [0, 0.05) is 10.8 Å². The van der Waals surface area contributed by atoms with E-state index in [-0.39, 0.29) is 17.5 Å². The van der Waals surface area contributed by atoms with Crippen LogP contribution in [0.1, 0.15) is 55.5 Å². The summed E-state index contributed by atoms with van der Waals surface area (Å²) in [6.45, 7) is 9.62. The Bertz CT molecular complexity index is 2520. The van der Waals surface area contributed by atoms with E-state index < -0.39 is 0 Å². The van der Waals surface area contributed by atoms with Gasteiger partial charge in [-0.05, 0) is 113 Å². The Labute approximate surface area is 275 Å². The second-order valence-electron chi connectivity index (χ2n) is 15.1. The van der Waals surface area contributed by atoms with Gasteiger partial charge in [0.05, 0.1) is 11.6 Å². The number of nitrogens with zero attached hydrogens (tertiary/aromatic N) is 1. The van der Waals surface area contributed by atoms with Gasteiger partial charge in [-0.2, -0.15) is 5.26 Å². The van der Waals surface area contributed by atoms with Gasteiger partial charge in [-0.25, -0.2) is 0 Å². The molecular formula is C45H30BN. The highest BCUT2D eigenvalue weighted by molar-refractivity contribution is 7.01. The number of hydrogen-bond donors (Lipinski definition) is 0. The van der Waals surface area contributed by atoms with Crippen LogP contribution in [0.2, 0.25) is 0 Å². The molecule has 2 heteroatoms. The van der Waals surface area contributed by atoms with E-state index in [2.05, 4.69) is 143 Å². The zero-order chi connectivity index (χ0) is 31.6. The van der Waals surface area contributed by atoms with Gasteiger partial charge in [0.15, 0.2) is 0 Å². The molecule has 0 spiro atoms. The molecule has 0 N–H and O–H groups in total. The van der Waals surface area contributed by atoms with Crippen molar-refractivity contribution >= 4 is 44.6 Å². The van der Waals surface area contributed by atoms with Crippen LogP contribution < -0.4 is 16.4 Å². The smallest absolute Gasteiger partial charge is 0.192 e. The first kappa shape index (κ1) is 25.8. The summed E-state index contributed by atoms with van der Waals surface area (Å²) in [4.78, 5) is 0. The molecule has 7 aromatic carbocycles. The first-order chi connectivity index (χ1) is 22.8. The van der Waals surface area contributed by atoms with Crippen molar-refractivity contribution in [3.8, 4) is 50.6 Å². The topological polar surface area (TPSA) is 23.8 Å². The van der Waals surface area contributed by atoms with E-state index in [4.69, 9.17) is 0 Å². The first-order valence-electron chi connectivity index (χ1n) is 16.8. The van der Waals surface area contributed by atoms with Crippen LogP contribution in [-0.4, -0.2) is 6.71 Å². The largest absolute Gasteiger partial charge is 0.244 e. The maximum Gasteiger partial charge on any atom is 0.244 e. The number of benzene rings is 7. The summed E-state index contributed by atoms with van der Waals surface area (Å²) in [6.07, 6.45) is 0. The third-order valence-electron chi connectivity index (χ3n) is 12.2. The molecule has 0 unspecified atom stereocenters. The molecule has 0 saturated heterocycles. The number of nitriles is 1. The summed E-state index contributed by atoms with van der Waals surface area (Å²) < 4.78 is 0. The first-order valence-corrected chi connectivity index (χ1v) is 16.8. The summed E-state index contributed by atoms with van der Waals surface area (Å²) in [6, 6.07) is 43.7. The quantitative estimate of drug-likeness (QED) is 0.161. The predicted molar refractivity (Wildman–Crippen MR) is 197 cm³/mol. The summed E-state index contributed by atoms with van der Waals surface area (Å²) in [7, 11) is 0. The van der Waals surface area contributed by atoms with E-state index in [1.807, 2.05) is 0 Å². The molecule has 2 heterocycles. The van der Waals surface area contributed by atoms with Crippen LogP contribution >= 0.6 is 0 Å². The Hall–Kier alpha value is -5.39. The highest BCUT2D eigenvalue weighted by atomic mass is 14.4. The normalized spacial score (nSPS) is 15.9. The Kier molecular flexibility index (Phi) is 4.45. The minimum Gasteiger partial charge on any atom is -0.192 e. The number of hydrogen-bond acceptors (Lipinski definition) is 1. The SMILES string of the molecule is CC1(C)c2ccccc2-c2cc3c4c(cccc4c21)B1c2c-3cc(C#N)cc2-c2cc3c(c4cccc1c24)C(C)(C)c1ccccc1-3. The van der Waals surface area contributed by atoms with Gasteiger partial charge in [0.1, 0.15) is 0 Å². The van der Waals surface area contributed by atoms with Gasteiger partial charge < -0.3 is 0 Å². The average molecular weight is 596 g/mol. The monoisotopic (exact) mass is 595 g/mol. The lowest BCUT2D eigenvalue weighted by atomic mass is 9.31. The molecule has 2 aliphatic carbocycles. The van der Waals surface area contributed by atoms with Crippen molar-refractivity contribution in [1.82, 2.24) is 0 Å². The third kappa shape index (κ3) is 2.82. The van der Waals surface area contributed by atoms with E-state index in [9.17, 15) is 5.26 Å². The molecule has 0 radical (unpaired) electrons. The molecule has 2 aliphatic heterocycles. The lowest BCUT2D eigenvalue weighted by Gasteiger charge is -2.36. The fourth-order valence-electron chi connectivity index (χ4n) is 10.5. The van der Waals surface area contributed by atoms with Crippen molar-refractivity contribution < 1.29 is 0 Å². The van der Waals surface area contributed by atoms with E-state index in [1.165, 1.54) is 105 Å². The molecule has 0 amide bonds. The second kappa shape index (κ2) is 8.12. The Morgan fingerprint density at radius 3 is 1.43 bits per heavy atom. The standard InChI is InChI=1S/C45H30BN/c1-44(2)35-15-7-5-11-25(35)31-21-29-33-19-24(23-47)20-34-30-22-32-26-12-6-8-16-36(26)45(3,4)42(32)28-14-10-18-38(40(28)30)46(43(33)34)37-17-9-13-27(39(29)37)41(31)44/h5-22H,1-4H3. The maximum atomic E-state index is 10.5. The fourth-order valence-corrected chi connectivity index (χ4v) is 10.5. The van der Waals surface area contributed by atoms with Gasteiger partial charge in [-0.1, -0.05) is 129 Å². The van der Waals surface area contributed by atoms with Gasteiger partial charge in [0.2, 0.25) is 6.71 Å². The van der Waals surface area contributed by atoms with Crippen LogP contribution in [0.15, 0.2) is 109 Å². The minimum absolute atomic E-state index is 0.0926. The maximum absolute atomic E-state index is 10.5. The van der Waals surface area contributed by atoms with Gasteiger partial charge in [-0.15, -0.1) is 0 Å². The van der Waals surface area contributed by atoms with Crippen molar-refractivity contribution in [2.45, 2.75) is 38.5 Å². The molecule has 0 bridgehead atoms. The minimum atomic E-state index is -0.108. The predicted octanol–water partition coefficient (Wildman–Crippen LogP) is 8.95. The molecule has 4 aliphatic rings. The van der Waals surface area contributed by atoms with Gasteiger partial charge >= 0.3 is 0 Å². The fraction of sp³-hybridized carbons (Fsp3) is 0.133. The van der Waals surface area contributed by atoms with Crippen LogP contribution in [0.3, 0.4) is 0 Å². The van der Waals surface area contributed by atoms with Gasteiger partial charge in [0.25, 0.3) is 0 Å². The molecular weight excluding hydrogens is 565 g/mol. The molecule has 1 nitrogen and oxygen atoms in total. The van der Waals surface area contributed by atoms with Crippen LogP contribution in [0.25, 0.3) is 66.1 Å². The Morgan fingerprint density at radius 2 is 0.957 bits per heavy atom. The van der Waals surface area contributed by atoms with Crippen LogP contribution in [-0.2, 0) is 10.8 Å². The van der Waals surface area contributed by atoms with Crippen molar-refractivity contribution in [2.24, 2.45) is 0 Å². The van der Waals surface area contributed by atoms with Crippen LogP contribution in [0.5, 0.6) is 0 Å². The molecule has 0 atom stereocenters. The number of rotatable bonds is 0. The van der Waals surface area contributed by atoms with Crippen LogP contribution in [0, 0.1) is 11.3 Å². The Morgan fingerprint density at radius 1 is 0.489 bits per heavy atom. The lowest BCUT2D eigenvalue weighted by molar-refractivity contribution is 0.666. The van der Waals surface area contributed by atoms with Gasteiger partial charge in [-0.3, -0.25) is 0 Å². The van der Waals surface area contributed by atoms with Crippen LogP contribution in [0.4, 0.5) is 0 Å². The molecule has 0 aromatic heterocycles. The Balaban J connectivity index is 1.32. The summed E-state index contributed by atoms with van der Waals surface area (Å²) in [5, 5.41) is 15.9. The molecule has 0 saturated carbocycles. The average Bonchev–Trinajstić information content (AvgIpc) is 3.47. The molecule has 0 fully saturated rings. The summed E-state index contributed by atoms with van der Waals surface area (Å²) in [5.74, 6) is 0. The molecule has 47 heavy (non-hydrogen) atoms. The zero-order valence-corrected chi connectivity index (χ0v) is 26.9. The van der Waals surface area contributed by atoms with E-state index >= 15 is 0 Å². The molecule has 11 rings (SSSR count). The molecule has 7 aromatic rings. The third-order valence-corrected chi connectivity index (χ3v) is 12.2. The van der Waals surface area contributed by atoms with Crippen molar-refractivity contribution in [2.75, 3.05) is 0 Å². The number of fused-ring (bicyclic) bond motifs is 12. The van der Waals surface area contributed by atoms with Crippen molar-refractivity contribution in [3.63, 3.8) is 0 Å². The highest BCUT2D eigenvalue weighted by Crippen LogP contribution is 2.56. The van der Waals surface area contributed by atoms with E-state index in [0.717, 1.165) is 5.56 Å².